The minimum Gasteiger partial charge on any atom is -0.376 e. The monoisotopic (exact) mass is 224 g/mol. The molecule has 4 heteroatoms. The van der Waals surface area contributed by atoms with E-state index in [0.717, 1.165) is 31.7 Å². The van der Waals surface area contributed by atoms with Crippen LogP contribution in [0.5, 0.6) is 0 Å². The molecule has 0 radical (unpaired) electrons. The van der Waals surface area contributed by atoms with Crippen molar-refractivity contribution in [1.29, 1.82) is 0 Å². The number of hydrogen-bond acceptors (Lipinski definition) is 3. The highest BCUT2D eigenvalue weighted by Gasteiger charge is 2.38. The zero-order valence-corrected chi connectivity index (χ0v) is 10.2. The molecule has 0 aliphatic carbocycles. The molecular formula is C12H20N2O2. The Hall–Kier alpha value is -0.870. The average molecular weight is 224 g/mol. The molecule has 0 spiro atoms. The first kappa shape index (κ1) is 11.6. The molecule has 0 bridgehead atoms. The van der Waals surface area contributed by atoms with Gasteiger partial charge < -0.3 is 15.4 Å². The predicted molar refractivity (Wildman–Crippen MR) is 62.1 cm³/mol. The van der Waals surface area contributed by atoms with Gasteiger partial charge >= 0.3 is 0 Å². The van der Waals surface area contributed by atoms with Crippen molar-refractivity contribution in [2.24, 2.45) is 0 Å². The van der Waals surface area contributed by atoms with Crippen LogP contribution in [0.25, 0.3) is 0 Å². The molecule has 2 heterocycles. The van der Waals surface area contributed by atoms with Crippen LogP contribution in [0.1, 0.15) is 27.2 Å². The first-order valence-electron chi connectivity index (χ1n) is 5.86. The highest BCUT2D eigenvalue weighted by Crippen LogP contribution is 2.25. The molecule has 2 unspecified atom stereocenters. The topological polar surface area (TPSA) is 50.4 Å². The Morgan fingerprint density at radius 1 is 1.56 bits per heavy atom. The average Bonchev–Trinajstić information content (AvgIpc) is 2.44. The predicted octanol–water partition coefficient (Wildman–Crippen LogP) is 0.590. The number of carbonyl (C=O) groups is 1. The Morgan fingerprint density at radius 2 is 2.25 bits per heavy atom. The van der Waals surface area contributed by atoms with Gasteiger partial charge in [0.2, 0.25) is 5.91 Å². The maximum Gasteiger partial charge on any atom is 0.247 e. The quantitative estimate of drug-likeness (QED) is 0.675. The Bertz CT molecular complexity index is 332. The third-order valence-corrected chi connectivity index (χ3v) is 3.83. The molecule has 2 fully saturated rings. The summed E-state index contributed by atoms with van der Waals surface area (Å²) in [5.74, 6) is 0.0522. The molecule has 0 saturated carbocycles. The van der Waals surface area contributed by atoms with Crippen molar-refractivity contribution in [3.63, 3.8) is 0 Å². The normalized spacial score (nSPS) is 33.4. The van der Waals surface area contributed by atoms with Gasteiger partial charge in [0.1, 0.15) is 0 Å². The van der Waals surface area contributed by atoms with Crippen LogP contribution in [0.15, 0.2) is 11.1 Å². The van der Waals surface area contributed by atoms with Crippen molar-refractivity contribution >= 4 is 5.91 Å². The summed E-state index contributed by atoms with van der Waals surface area (Å²) in [6.45, 7) is 8.40. The SMILES string of the molecule is CC(C(=O)NC1(C)CCOC1C)=C1CNC1. The van der Waals surface area contributed by atoms with Gasteiger partial charge in [0.15, 0.2) is 0 Å². The summed E-state index contributed by atoms with van der Waals surface area (Å²) in [6, 6.07) is 0. The lowest BCUT2D eigenvalue weighted by molar-refractivity contribution is -0.119. The van der Waals surface area contributed by atoms with Crippen molar-refractivity contribution in [1.82, 2.24) is 10.6 Å². The minimum atomic E-state index is -0.212. The molecule has 16 heavy (non-hydrogen) atoms. The maximum absolute atomic E-state index is 12.0. The van der Waals surface area contributed by atoms with Crippen LogP contribution >= 0.6 is 0 Å². The Balaban J connectivity index is 2.02. The summed E-state index contributed by atoms with van der Waals surface area (Å²) in [6.07, 6.45) is 0.981. The van der Waals surface area contributed by atoms with E-state index >= 15 is 0 Å². The van der Waals surface area contributed by atoms with Gasteiger partial charge in [-0.3, -0.25) is 4.79 Å². The molecule has 2 aliphatic heterocycles. The van der Waals surface area contributed by atoms with Crippen LogP contribution in [-0.4, -0.2) is 37.2 Å². The fourth-order valence-electron chi connectivity index (χ4n) is 2.03. The van der Waals surface area contributed by atoms with Crippen molar-refractivity contribution in [2.45, 2.75) is 38.8 Å². The summed E-state index contributed by atoms with van der Waals surface area (Å²) in [5, 5.41) is 6.25. The number of ether oxygens (including phenoxy) is 1. The highest BCUT2D eigenvalue weighted by molar-refractivity contribution is 5.94. The number of rotatable bonds is 2. The molecule has 1 amide bonds. The summed E-state index contributed by atoms with van der Waals surface area (Å²) < 4.78 is 5.51. The second-order valence-corrected chi connectivity index (χ2v) is 4.97. The van der Waals surface area contributed by atoms with Crippen LogP contribution < -0.4 is 10.6 Å². The van der Waals surface area contributed by atoms with Gasteiger partial charge in [-0.15, -0.1) is 0 Å². The Morgan fingerprint density at radius 3 is 2.69 bits per heavy atom. The van der Waals surface area contributed by atoms with Gasteiger partial charge in [0.05, 0.1) is 11.6 Å². The summed E-state index contributed by atoms with van der Waals surface area (Å²) in [7, 11) is 0. The summed E-state index contributed by atoms with van der Waals surface area (Å²) in [5.41, 5.74) is 1.86. The third-order valence-electron chi connectivity index (χ3n) is 3.83. The molecular weight excluding hydrogens is 204 g/mol. The van der Waals surface area contributed by atoms with Crippen LogP contribution in [0.2, 0.25) is 0 Å². The van der Waals surface area contributed by atoms with Gasteiger partial charge in [-0.05, 0) is 32.8 Å². The van der Waals surface area contributed by atoms with E-state index in [0.29, 0.717) is 0 Å². The van der Waals surface area contributed by atoms with Crippen molar-refractivity contribution in [3.8, 4) is 0 Å². The van der Waals surface area contributed by atoms with Gasteiger partial charge in [-0.1, -0.05) is 0 Å². The van der Waals surface area contributed by atoms with E-state index in [4.69, 9.17) is 4.74 Å². The largest absolute Gasteiger partial charge is 0.376 e. The fraction of sp³-hybridized carbons (Fsp3) is 0.750. The van der Waals surface area contributed by atoms with Gasteiger partial charge in [-0.25, -0.2) is 0 Å². The van der Waals surface area contributed by atoms with E-state index in [1.165, 1.54) is 5.57 Å². The second-order valence-electron chi connectivity index (χ2n) is 4.97. The zero-order valence-electron chi connectivity index (χ0n) is 10.2. The molecule has 2 aliphatic rings. The molecule has 2 atom stereocenters. The number of carbonyl (C=O) groups excluding carboxylic acids is 1. The maximum atomic E-state index is 12.0. The van der Waals surface area contributed by atoms with E-state index in [1.54, 1.807) is 0 Å². The van der Waals surface area contributed by atoms with Crippen molar-refractivity contribution in [2.75, 3.05) is 19.7 Å². The summed E-state index contributed by atoms with van der Waals surface area (Å²) in [4.78, 5) is 12.0. The Kier molecular flexibility index (Phi) is 3.04. The van der Waals surface area contributed by atoms with E-state index in [9.17, 15) is 4.79 Å². The van der Waals surface area contributed by atoms with Gasteiger partial charge in [0, 0.05) is 25.3 Å². The van der Waals surface area contributed by atoms with E-state index in [2.05, 4.69) is 17.6 Å². The van der Waals surface area contributed by atoms with Gasteiger partial charge in [0.25, 0.3) is 0 Å². The van der Waals surface area contributed by atoms with Crippen LogP contribution in [-0.2, 0) is 9.53 Å². The molecule has 2 saturated heterocycles. The number of hydrogen-bond donors (Lipinski definition) is 2. The first-order chi connectivity index (χ1) is 7.53. The van der Waals surface area contributed by atoms with E-state index in [-0.39, 0.29) is 17.6 Å². The first-order valence-corrected chi connectivity index (χ1v) is 5.86. The molecule has 0 aromatic carbocycles. The standard InChI is InChI=1S/C12H20N2O2/c1-8(10-6-13-7-10)11(15)14-12(3)4-5-16-9(12)2/h9,13H,4-7H2,1-3H3,(H,14,15). The van der Waals surface area contributed by atoms with Gasteiger partial charge in [-0.2, -0.15) is 0 Å². The lowest BCUT2D eigenvalue weighted by atomic mass is 9.93. The van der Waals surface area contributed by atoms with Crippen LogP contribution in [0.3, 0.4) is 0 Å². The lowest BCUT2D eigenvalue weighted by Crippen LogP contribution is -2.51. The van der Waals surface area contributed by atoms with Crippen molar-refractivity contribution < 1.29 is 9.53 Å². The molecule has 0 aromatic heterocycles. The minimum absolute atomic E-state index is 0.0522. The molecule has 0 aromatic rings. The summed E-state index contributed by atoms with van der Waals surface area (Å²) >= 11 is 0. The third kappa shape index (κ3) is 1.99. The number of nitrogens with one attached hydrogen (secondary N) is 2. The molecule has 90 valence electrons. The molecule has 2 rings (SSSR count). The second kappa shape index (κ2) is 4.18. The lowest BCUT2D eigenvalue weighted by Gasteiger charge is -2.30. The van der Waals surface area contributed by atoms with Crippen LogP contribution in [0, 0.1) is 0 Å². The van der Waals surface area contributed by atoms with E-state index < -0.39 is 0 Å². The van der Waals surface area contributed by atoms with Crippen molar-refractivity contribution in [3.05, 3.63) is 11.1 Å². The molecule has 4 nitrogen and oxygen atoms in total. The molecule has 2 N–H and O–H groups in total. The smallest absolute Gasteiger partial charge is 0.247 e. The fourth-order valence-corrected chi connectivity index (χ4v) is 2.03. The zero-order chi connectivity index (χ0) is 11.8. The highest BCUT2D eigenvalue weighted by atomic mass is 16.5. The van der Waals surface area contributed by atoms with Crippen LogP contribution in [0.4, 0.5) is 0 Å². The van der Waals surface area contributed by atoms with E-state index in [1.807, 2.05) is 13.8 Å². The number of amides is 1. The Labute approximate surface area is 96.4 Å².